The highest BCUT2D eigenvalue weighted by Gasteiger charge is 2.54. The molecule has 428 valence electrons. The lowest BCUT2D eigenvalue weighted by atomic mass is 9.67. The third-order valence-corrected chi connectivity index (χ3v) is 22.3. The topological polar surface area (TPSA) is 32.8 Å². The number of anilines is 6. The standard InChI is InChI=1S/C86H58N2O2Si/c1-91-78-36-20-16-32-70(78)86(71-33-17-21-37-79(71)91)72-54-74(87(64-46-38-60(39-47-64)56-22-6-2-7-23-56)65-48-40-61(41-49-65)57-24-8-3-9-25-57)80-68-30-14-18-34-76(68)89-84(80)82(72)83-73(86)55-75(81-69-31-15-19-35-77(69)90-85(81)83)88(66-50-42-62(43-51-66)58-26-10-4-11-27-58)67-52-44-63(45-53-67)59-28-12-5-13-29-59/h2-55,91H,1H3. The highest BCUT2D eigenvalue weighted by Crippen LogP contribution is 2.64. The normalized spacial score (nSPS) is 12.9. The fourth-order valence-electron chi connectivity index (χ4n) is 15.3. The van der Waals surface area contributed by atoms with Gasteiger partial charge < -0.3 is 18.6 Å². The lowest BCUT2D eigenvalue weighted by Gasteiger charge is -2.43. The molecule has 0 saturated carbocycles. The van der Waals surface area contributed by atoms with Crippen molar-refractivity contribution in [2.24, 2.45) is 0 Å². The summed E-state index contributed by atoms with van der Waals surface area (Å²) in [6.07, 6.45) is 0. The van der Waals surface area contributed by atoms with Crippen LogP contribution >= 0.6 is 0 Å². The van der Waals surface area contributed by atoms with Gasteiger partial charge in [0.25, 0.3) is 0 Å². The van der Waals surface area contributed by atoms with E-state index < -0.39 is 14.2 Å². The summed E-state index contributed by atoms with van der Waals surface area (Å²) in [7, 11) is -1.80. The van der Waals surface area contributed by atoms with Gasteiger partial charge in [-0.2, -0.15) is 0 Å². The quantitative estimate of drug-likeness (QED) is 0.128. The van der Waals surface area contributed by atoms with Crippen LogP contribution in [-0.2, 0) is 5.41 Å². The van der Waals surface area contributed by atoms with Gasteiger partial charge in [0.2, 0.25) is 0 Å². The number of rotatable bonds is 10. The molecule has 2 aliphatic rings. The Morgan fingerprint density at radius 3 is 0.879 bits per heavy atom. The monoisotopic (exact) mass is 1180 g/mol. The number of nitrogens with zero attached hydrogens (tertiary/aromatic N) is 2. The van der Waals surface area contributed by atoms with Crippen LogP contribution in [0, 0.1) is 0 Å². The van der Waals surface area contributed by atoms with Crippen LogP contribution in [0.3, 0.4) is 0 Å². The average molecular weight is 1180 g/mol. The van der Waals surface area contributed by atoms with E-state index in [-0.39, 0.29) is 0 Å². The fourth-order valence-corrected chi connectivity index (χ4v) is 18.0. The second kappa shape index (κ2) is 21.1. The third kappa shape index (κ3) is 8.21. The molecular formula is C86H58N2O2Si. The number of hydrogen-bond acceptors (Lipinski definition) is 4. The van der Waals surface area contributed by atoms with Crippen molar-refractivity contribution in [2.45, 2.75) is 12.0 Å². The Bertz CT molecular complexity index is 4940. The van der Waals surface area contributed by atoms with E-state index in [0.29, 0.717) is 0 Å². The third-order valence-electron chi connectivity index (χ3n) is 19.4. The summed E-state index contributed by atoms with van der Waals surface area (Å²) in [6, 6.07) is 120. The zero-order valence-corrected chi connectivity index (χ0v) is 51.1. The smallest absolute Gasteiger partial charge is 0.145 e. The van der Waals surface area contributed by atoms with Crippen LogP contribution in [0.15, 0.2) is 336 Å². The molecule has 2 aromatic heterocycles. The molecule has 0 fully saturated rings. The SMILES string of the molecule is C[SiH]1c2ccccc2C2(c3ccccc31)c1cc(N(c3ccc(-c4ccccc4)cc3)c3ccc(-c4ccccc4)cc3)c3c(oc4ccccc43)c1-c1c2cc(N(c2ccc(-c3ccccc3)cc2)c2ccc(-c3ccccc3)cc2)c2c1oc1ccccc12. The van der Waals surface area contributed by atoms with Gasteiger partial charge in [-0.1, -0.05) is 272 Å². The van der Waals surface area contributed by atoms with E-state index in [9.17, 15) is 0 Å². The van der Waals surface area contributed by atoms with E-state index in [4.69, 9.17) is 8.83 Å². The number of furan rings is 2. The summed E-state index contributed by atoms with van der Waals surface area (Å²) < 4.78 is 15.3. The molecule has 0 radical (unpaired) electrons. The second-order valence-corrected chi connectivity index (χ2v) is 26.9. The lowest BCUT2D eigenvalue weighted by Crippen LogP contribution is -2.54. The molecule has 5 heteroatoms. The predicted octanol–water partition coefficient (Wildman–Crippen LogP) is 21.7. The van der Waals surface area contributed by atoms with Gasteiger partial charge in [0.05, 0.1) is 27.6 Å². The van der Waals surface area contributed by atoms with Crippen LogP contribution in [0.1, 0.15) is 22.3 Å². The van der Waals surface area contributed by atoms with E-state index in [0.717, 1.165) is 123 Å². The number of benzene rings is 14. The highest BCUT2D eigenvalue weighted by atomic mass is 28.3. The highest BCUT2D eigenvalue weighted by molar-refractivity contribution is 6.85. The molecule has 0 bridgehead atoms. The van der Waals surface area contributed by atoms with Crippen molar-refractivity contribution in [2.75, 3.05) is 9.80 Å². The van der Waals surface area contributed by atoms with Crippen LogP contribution in [-0.4, -0.2) is 8.80 Å². The molecule has 0 N–H and O–H groups in total. The zero-order chi connectivity index (χ0) is 60.2. The van der Waals surface area contributed by atoms with Crippen molar-refractivity contribution < 1.29 is 8.83 Å². The van der Waals surface area contributed by atoms with Gasteiger partial charge in [0.1, 0.15) is 31.1 Å². The van der Waals surface area contributed by atoms with Crippen LogP contribution in [0.25, 0.3) is 99.5 Å². The number of hydrogen-bond donors (Lipinski definition) is 0. The summed E-state index contributed by atoms with van der Waals surface area (Å²) in [6.45, 7) is 2.52. The Kier molecular flexibility index (Phi) is 12.2. The van der Waals surface area contributed by atoms with Crippen molar-refractivity contribution in [1.82, 2.24) is 0 Å². The second-order valence-electron chi connectivity index (χ2n) is 24.2. The van der Waals surface area contributed by atoms with Gasteiger partial charge in [-0.25, -0.2) is 0 Å². The molecular weight excluding hydrogens is 1120 g/mol. The van der Waals surface area contributed by atoms with E-state index in [2.05, 4.69) is 344 Å². The van der Waals surface area contributed by atoms with E-state index in [1.54, 1.807) is 0 Å². The molecule has 16 aromatic rings. The maximum Gasteiger partial charge on any atom is 0.145 e. The van der Waals surface area contributed by atoms with Gasteiger partial charge in [0, 0.05) is 44.6 Å². The van der Waals surface area contributed by atoms with E-state index in [1.807, 2.05) is 0 Å². The Balaban J connectivity index is 0.977. The molecule has 1 aliphatic heterocycles. The minimum Gasteiger partial charge on any atom is -0.455 e. The maximum atomic E-state index is 7.66. The van der Waals surface area contributed by atoms with Gasteiger partial charge >= 0.3 is 0 Å². The number of para-hydroxylation sites is 2. The molecule has 0 atom stereocenters. The minimum atomic E-state index is -1.80. The molecule has 3 heterocycles. The maximum absolute atomic E-state index is 7.66. The molecule has 18 rings (SSSR count). The molecule has 1 spiro atoms. The minimum absolute atomic E-state index is 0.820. The average Bonchev–Trinajstić information content (AvgIpc) is 1.52. The first kappa shape index (κ1) is 52.6. The van der Waals surface area contributed by atoms with E-state index >= 15 is 0 Å². The Morgan fingerprint density at radius 2 is 0.549 bits per heavy atom. The molecule has 0 unspecified atom stereocenters. The first-order valence-electron chi connectivity index (χ1n) is 31.5. The van der Waals surface area contributed by atoms with Crippen molar-refractivity contribution in [3.05, 3.63) is 350 Å². The van der Waals surface area contributed by atoms with Gasteiger partial charge in [-0.15, -0.1) is 0 Å². The van der Waals surface area contributed by atoms with Crippen molar-refractivity contribution in [1.29, 1.82) is 0 Å². The molecule has 14 aromatic carbocycles. The molecule has 0 saturated heterocycles. The van der Waals surface area contributed by atoms with Gasteiger partial charge in [0.15, 0.2) is 0 Å². The lowest BCUT2D eigenvalue weighted by molar-refractivity contribution is 0.665. The van der Waals surface area contributed by atoms with Crippen LogP contribution in [0.2, 0.25) is 6.55 Å². The molecule has 91 heavy (non-hydrogen) atoms. The largest absolute Gasteiger partial charge is 0.455 e. The molecule has 4 nitrogen and oxygen atoms in total. The van der Waals surface area contributed by atoms with Crippen molar-refractivity contribution in [3.63, 3.8) is 0 Å². The van der Waals surface area contributed by atoms with Crippen LogP contribution < -0.4 is 20.2 Å². The van der Waals surface area contributed by atoms with E-state index in [1.165, 1.54) is 43.8 Å². The number of fused-ring (bicyclic) bond motifs is 17. The Hall–Kier alpha value is -11.5. The summed E-state index contributed by atoms with van der Waals surface area (Å²) in [5, 5.41) is 6.99. The van der Waals surface area contributed by atoms with Gasteiger partial charge in [-0.05, 0) is 140 Å². The summed E-state index contributed by atoms with van der Waals surface area (Å²) in [5.41, 5.74) is 24.9. The first-order chi connectivity index (χ1) is 45.1. The van der Waals surface area contributed by atoms with Gasteiger partial charge in [-0.3, -0.25) is 0 Å². The first-order valence-corrected chi connectivity index (χ1v) is 33.8. The predicted molar refractivity (Wildman–Crippen MR) is 382 cm³/mol. The van der Waals surface area contributed by atoms with Crippen LogP contribution in [0.5, 0.6) is 0 Å². The summed E-state index contributed by atoms with van der Waals surface area (Å²) >= 11 is 0. The van der Waals surface area contributed by atoms with Crippen molar-refractivity contribution >= 4 is 97.2 Å². The Morgan fingerprint density at radius 1 is 0.275 bits per heavy atom. The summed E-state index contributed by atoms with van der Waals surface area (Å²) in [5.74, 6) is 0. The van der Waals surface area contributed by atoms with Crippen LogP contribution in [0.4, 0.5) is 34.1 Å². The summed E-state index contributed by atoms with van der Waals surface area (Å²) in [4.78, 5) is 4.95. The molecule has 1 aliphatic carbocycles. The fraction of sp³-hybridized carbons (Fsp3) is 0.0233. The van der Waals surface area contributed by atoms with Crippen molar-refractivity contribution in [3.8, 4) is 55.6 Å². The zero-order valence-electron chi connectivity index (χ0n) is 50.0. The molecule has 0 amide bonds. The Labute approximate surface area is 530 Å².